The van der Waals surface area contributed by atoms with E-state index in [0.29, 0.717) is 28.8 Å². The van der Waals surface area contributed by atoms with Crippen molar-refractivity contribution in [1.29, 1.82) is 0 Å². The molecule has 0 aliphatic carbocycles. The molecular formula is C16H17ClN2O2. The third-order valence-corrected chi connectivity index (χ3v) is 3.19. The summed E-state index contributed by atoms with van der Waals surface area (Å²) in [6.45, 7) is 2.23. The summed E-state index contributed by atoms with van der Waals surface area (Å²) in [4.78, 5) is 11.8. The fourth-order valence-electron chi connectivity index (χ4n) is 1.76. The summed E-state index contributed by atoms with van der Waals surface area (Å²) in [7, 11) is 0. The molecular weight excluding hydrogens is 288 g/mol. The maximum absolute atomic E-state index is 11.8. The van der Waals surface area contributed by atoms with Crippen molar-refractivity contribution in [3.05, 3.63) is 53.1 Å². The third kappa shape index (κ3) is 4.68. The van der Waals surface area contributed by atoms with E-state index in [0.717, 1.165) is 5.56 Å². The molecule has 0 unspecified atom stereocenters. The Balaban J connectivity index is 1.81. The highest BCUT2D eigenvalue weighted by molar-refractivity contribution is 6.33. The molecule has 2 rings (SSSR count). The first kappa shape index (κ1) is 15.2. The van der Waals surface area contributed by atoms with Gasteiger partial charge in [-0.25, -0.2) is 0 Å². The standard InChI is InChI=1S/C16H17ClN2O2/c1-11-2-7-15(14(17)10-11)19-16(20)8-9-21-13-5-3-12(18)4-6-13/h2-7,10H,8-9,18H2,1H3,(H,19,20). The fraction of sp³-hybridized carbons (Fsp3) is 0.188. The van der Waals surface area contributed by atoms with Crippen molar-refractivity contribution in [2.45, 2.75) is 13.3 Å². The number of nitrogens with one attached hydrogen (secondary N) is 1. The van der Waals surface area contributed by atoms with E-state index in [1.807, 2.05) is 19.1 Å². The predicted octanol–water partition coefficient (Wildman–Crippen LogP) is 3.64. The molecule has 0 aliphatic heterocycles. The number of carbonyl (C=O) groups is 1. The lowest BCUT2D eigenvalue weighted by Gasteiger charge is -2.09. The van der Waals surface area contributed by atoms with Gasteiger partial charge in [0.15, 0.2) is 0 Å². The molecule has 0 spiro atoms. The van der Waals surface area contributed by atoms with Gasteiger partial charge in [0, 0.05) is 5.69 Å². The van der Waals surface area contributed by atoms with Gasteiger partial charge in [-0.05, 0) is 48.9 Å². The number of ether oxygens (including phenoxy) is 1. The summed E-state index contributed by atoms with van der Waals surface area (Å²) in [6, 6.07) is 12.5. The van der Waals surface area contributed by atoms with Gasteiger partial charge in [-0.2, -0.15) is 0 Å². The van der Waals surface area contributed by atoms with Crippen LogP contribution in [0.4, 0.5) is 11.4 Å². The number of aryl methyl sites for hydroxylation is 1. The number of carbonyl (C=O) groups excluding carboxylic acids is 1. The molecule has 5 heteroatoms. The number of anilines is 2. The number of amides is 1. The second-order valence-corrected chi connectivity index (χ2v) is 5.11. The van der Waals surface area contributed by atoms with Crippen LogP contribution >= 0.6 is 11.6 Å². The monoisotopic (exact) mass is 304 g/mol. The fourth-order valence-corrected chi connectivity index (χ4v) is 2.04. The predicted molar refractivity (Wildman–Crippen MR) is 85.8 cm³/mol. The first-order valence-corrected chi connectivity index (χ1v) is 6.97. The summed E-state index contributed by atoms with van der Waals surface area (Å²) in [5.41, 5.74) is 7.91. The summed E-state index contributed by atoms with van der Waals surface area (Å²) in [5, 5.41) is 3.29. The topological polar surface area (TPSA) is 64.3 Å². The Morgan fingerprint density at radius 2 is 1.95 bits per heavy atom. The smallest absolute Gasteiger partial charge is 0.227 e. The highest BCUT2D eigenvalue weighted by Crippen LogP contribution is 2.22. The zero-order valence-corrected chi connectivity index (χ0v) is 12.5. The largest absolute Gasteiger partial charge is 0.493 e. The van der Waals surface area contributed by atoms with Gasteiger partial charge >= 0.3 is 0 Å². The normalized spacial score (nSPS) is 10.2. The second-order valence-electron chi connectivity index (χ2n) is 4.70. The molecule has 0 bridgehead atoms. The Bertz CT molecular complexity index is 627. The average Bonchev–Trinajstić information content (AvgIpc) is 2.44. The number of nitrogens with two attached hydrogens (primary N) is 1. The van der Waals surface area contributed by atoms with Crippen LogP contribution in [0.25, 0.3) is 0 Å². The zero-order valence-electron chi connectivity index (χ0n) is 11.7. The Hall–Kier alpha value is -2.20. The third-order valence-electron chi connectivity index (χ3n) is 2.88. The molecule has 0 saturated carbocycles. The molecule has 0 aliphatic rings. The van der Waals surface area contributed by atoms with Gasteiger partial charge in [-0.3, -0.25) is 4.79 Å². The summed E-state index contributed by atoms with van der Waals surface area (Å²) < 4.78 is 5.47. The first-order valence-electron chi connectivity index (χ1n) is 6.59. The minimum Gasteiger partial charge on any atom is -0.493 e. The number of halogens is 1. The van der Waals surface area contributed by atoms with Crippen molar-refractivity contribution in [1.82, 2.24) is 0 Å². The van der Waals surface area contributed by atoms with Gasteiger partial charge in [-0.15, -0.1) is 0 Å². The highest BCUT2D eigenvalue weighted by atomic mass is 35.5. The molecule has 1 amide bonds. The van der Waals surface area contributed by atoms with Crippen molar-refractivity contribution in [3.63, 3.8) is 0 Å². The van der Waals surface area contributed by atoms with Crippen LogP contribution in [0.3, 0.4) is 0 Å². The maximum Gasteiger partial charge on any atom is 0.227 e. The number of nitrogen functional groups attached to an aromatic ring is 1. The number of rotatable bonds is 5. The van der Waals surface area contributed by atoms with E-state index in [2.05, 4.69) is 5.32 Å². The highest BCUT2D eigenvalue weighted by Gasteiger charge is 2.06. The summed E-state index contributed by atoms with van der Waals surface area (Å²) in [5.74, 6) is 0.543. The molecule has 2 aromatic carbocycles. The van der Waals surface area contributed by atoms with E-state index in [1.165, 1.54) is 0 Å². The van der Waals surface area contributed by atoms with E-state index < -0.39 is 0 Å². The maximum atomic E-state index is 11.8. The van der Waals surface area contributed by atoms with E-state index >= 15 is 0 Å². The van der Waals surface area contributed by atoms with Crippen molar-refractivity contribution < 1.29 is 9.53 Å². The molecule has 0 radical (unpaired) electrons. The van der Waals surface area contributed by atoms with Gasteiger partial charge in [0.1, 0.15) is 5.75 Å². The van der Waals surface area contributed by atoms with E-state index in [1.54, 1.807) is 30.3 Å². The van der Waals surface area contributed by atoms with Gasteiger partial charge in [0.25, 0.3) is 0 Å². The van der Waals surface area contributed by atoms with Crippen molar-refractivity contribution >= 4 is 28.9 Å². The van der Waals surface area contributed by atoms with Crippen LogP contribution in [-0.2, 0) is 4.79 Å². The zero-order chi connectivity index (χ0) is 15.2. The minimum absolute atomic E-state index is 0.142. The Morgan fingerprint density at radius 1 is 1.24 bits per heavy atom. The molecule has 0 saturated heterocycles. The van der Waals surface area contributed by atoms with E-state index in [9.17, 15) is 4.79 Å². The van der Waals surface area contributed by atoms with Crippen LogP contribution < -0.4 is 15.8 Å². The molecule has 110 valence electrons. The average molecular weight is 305 g/mol. The quantitative estimate of drug-likeness (QED) is 0.829. The first-order chi connectivity index (χ1) is 10.0. The van der Waals surface area contributed by atoms with E-state index in [4.69, 9.17) is 22.1 Å². The minimum atomic E-state index is -0.142. The molecule has 0 fully saturated rings. The van der Waals surface area contributed by atoms with Crippen LogP contribution in [0, 0.1) is 6.92 Å². The Labute approximate surface area is 128 Å². The van der Waals surface area contributed by atoms with Crippen molar-refractivity contribution in [3.8, 4) is 5.75 Å². The van der Waals surface area contributed by atoms with Gasteiger partial charge in [-0.1, -0.05) is 17.7 Å². The van der Waals surface area contributed by atoms with Gasteiger partial charge < -0.3 is 15.8 Å². The van der Waals surface area contributed by atoms with Crippen molar-refractivity contribution in [2.75, 3.05) is 17.7 Å². The Kier molecular flexibility index (Phi) is 5.06. The van der Waals surface area contributed by atoms with Crippen molar-refractivity contribution in [2.24, 2.45) is 0 Å². The number of hydrogen-bond acceptors (Lipinski definition) is 3. The molecule has 2 aromatic rings. The molecule has 21 heavy (non-hydrogen) atoms. The lowest BCUT2D eigenvalue weighted by Crippen LogP contribution is -2.15. The van der Waals surface area contributed by atoms with Crippen LogP contribution in [0.2, 0.25) is 5.02 Å². The molecule has 0 atom stereocenters. The second kappa shape index (κ2) is 6.99. The van der Waals surface area contributed by atoms with Crippen LogP contribution in [0.1, 0.15) is 12.0 Å². The van der Waals surface area contributed by atoms with Crippen LogP contribution in [-0.4, -0.2) is 12.5 Å². The lowest BCUT2D eigenvalue weighted by atomic mass is 10.2. The molecule has 0 heterocycles. The summed E-state index contributed by atoms with van der Waals surface area (Å²) >= 11 is 6.06. The van der Waals surface area contributed by atoms with Crippen LogP contribution in [0.5, 0.6) is 5.75 Å². The lowest BCUT2D eigenvalue weighted by molar-refractivity contribution is -0.116. The molecule has 3 N–H and O–H groups in total. The molecule has 0 aromatic heterocycles. The van der Waals surface area contributed by atoms with Gasteiger partial charge in [0.05, 0.1) is 23.7 Å². The Morgan fingerprint density at radius 3 is 2.62 bits per heavy atom. The SMILES string of the molecule is Cc1ccc(NC(=O)CCOc2ccc(N)cc2)c(Cl)c1. The summed E-state index contributed by atoms with van der Waals surface area (Å²) in [6.07, 6.45) is 0.245. The number of hydrogen-bond donors (Lipinski definition) is 2. The van der Waals surface area contributed by atoms with Crippen LogP contribution in [0.15, 0.2) is 42.5 Å². The van der Waals surface area contributed by atoms with Gasteiger partial charge in [0.2, 0.25) is 5.91 Å². The van der Waals surface area contributed by atoms with E-state index in [-0.39, 0.29) is 12.3 Å². The molecule has 4 nitrogen and oxygen atoms in total. The number of benzene rings is 2.